The van der Waals surface area contributed by atoms with Gasteiger partial charge in [0.15, 0.2) is 0 Å². The maximum Gasteiger partial charge on any atom is 0.315 e. The first kappa shape index (κ1) is 16.2. The van der Waals surface area contributed by atoms with Crippen LogP contribution in [0.25, 0.3) is 0 Å². The summed E-state index contributed by atoms with van der Waals surface area (Å²) in [5.74, 6) is 0.840. The Balaban J connectivity index is 1.64. The molecule has 21 heavy (non-hydrogen) atoms. The van der Waals surface area contributed by atoms with Crippen molar-refractivity contribution in [3.63, 3.8) is 0 Å². The zero-order valence-electron chi connectivity index (χ0n) is 13.2. The van der Waals surface area contributed by atoms with E-state index < -0.39 is 0 Å². The minimum atomic E-state index is -0.0988. The molecule has 0 radical (unpaired) electrons. The number of aryl methyl sites for hydroxylation is 1. The second-order valence-corrected chi connectivity index (χ2v) is 7.30. The van der Waals surface area contributed by atoms with E-state index in [0.29, 0.717) is 19.1 Å². The smallest absolute Gasteiger partial charge is 0.315 e. The molecule has 2 heterocycles. The second-order valence-electron chi connectivity index (χ2n) is 5.98. The summed E-state index contributed by atoms with van der Waals surface area (Å²) < 4.78 is 0. The fourth-order valence-electron chi connectivity index (χ4n) is 2.56. The van der Waals surface area contributed by atoms with Crippen molar-refractivity contribution in [2.45, 2.75) is 46.2 Å². The molecule has 0 aliphatic carbocycles. The molecule has 0 spiro atoms. The van der Waals surface area contributed by atoms with Crippen molar-refractivity contribution in [3.8, 4) is 0 Å². The van der Waals surface area contributed by atoms with Crippen LogP contribution in [0.4, 0.5) is 4.79 Å². The quantitative estimate of drug-likeness (QED) is 0.878. The zero-order chi connectivity index (χ0) is 15.2. The van der Waals surface area contributed by atoms with Gasteiger partial charge in [-0.2, -0.15) is 0 Å². The average molecular weight is 310 g/mol. The molecule has 5 nitrogen and oxygen atoms in total. The van der Waals surface area contributed by atoms with E-state index in [2.05, 4.69) is 34.4 Å². The van der Waals surface area contributed by atoms with Crippen LogP contribution >= 0.6 is 11.3 Å². The number of carbonyl (C=O) groups excluding carboxylic acids is 1. The number of hydrogen-bond acceptors (Lipinski definition) is 4. The second kappa shape index (κ2) is 7.75. The average Bonchev–Trinajstić information content (AvgIpc) is 2.89. The largest absolute Gasteiger partial charge is 0.337 e. The Morgan fingerprint density at radius 3 is 2.81 bits per heavy atom. The first-order chi connectivity index (χ1) is 10.0. The molecule has 1 atom stereocenters. The Morgan fingerprint density at radius 1 is 1.48 bits per heavy atom. The van der Waals surface area contributed by atoms with Crippen LogP contribution in [0.2, 0.25) is 0 Å². The number of carbonyl (C=O) groups is 1. The normalized spacial score (nSPS) is 18.4. The van der Waals surface area contributed by atoms with Gasteiger partial charge in [0.1, 0.15) is 0 Å². The molecule has 2 N–H and O–H groups in total. The topological polar surface area (TPSA) is 57.3 Å². The van der Waals surface area contributed by atoms with E-state index in [1.54, 1.807) is 11.3 Å². The molecule has 0 aromatic carbocycles. The number of piperidine rings is 1. The summed E-state index contributed by atoms with van der Waals surface area (Å²) in [5, 5.41) is 6.87. The number of thiazole rings is 1. The number of aromatic nitrogens is 1. The molecular formula is C15H26N4OS. The van der Waals surface area contributed by atoms with Crippen molar-refractivity contribution in [2.24, 2.45) is 5.92 Å². The lowest BCUT2D eigenvalue weighted by Gasteiger charge is -2.34. The van der Waals surface area contributed by atoms with Gasteiger partial charge in [-0.3, -0.25) is 4.90 Å². The first-order valence-corrected chi connectivity index (χ1v) is 8.53. The molecule has 1 saturated heterocycles. The van der Waals surface area contributed by atoms with E-state index in [0.717, 1.165) is 28.9 Å². The molecule has 0 bridgehead atoms. The Bertz CT molecular complexity index is 454. The van der Waals surface area contributed by atoms with Crippen LogP contribution in [0.5, 0.6) is 0 Å². The molecule has 1 fully saturated rings. The van der Waals surface area contributed by atoms with Crippen molar-refractivity contribution in [3.05, 3.63) is 16.1 Å². The number of hydrogen-bond donors (Lipinski definition) is 2. The third-order valence-corrected chi connectivity index (χ3v) is 5.00. The van der Waals surface area contributed by atoms with Gasteiger partial charge in [-0.1, -0.05) is 6.92 Å². The van der Waals surface area contributed by atoms with Gasteiger partial charge in [-0.05, 0) is 45.7 Å². The van der Waals surface area contributed by atoms with Gasteiger partial charge in [0.2, 0.25) is 0 Å². The van der Waals surface area contributed by atoms with Gasteiger partial charge < -0.3 is 10.6 Å². The molecule has 1 aliphatic rings. The van der Waals surface area contributed by atoms with Crippen LogP contribution in [0.15, 0.2) is 6.20 Å². The minimum Gasteiger partial charge on any atom is -0.337 e. The highest BCUT2D eigenvalue weighted by molar-refractivity contribution is 7.11. The monoisotopic (exact) mass is 310 g/mol. The molecule has 0 saturated carbocycles. The summed E-state index contributed by atoms with van der Waals surface area (Å²) in [6.45, 7) is 10.00. The summed E-state index contributed by atoms with van der Waals surface area (Å²) in [5.41, 5.74) is 0. The fourth-order valence-corrected chi connectivity index (χ4v) is 3.29. The molecule has 6 heteroatoms. The van der Waals surface area contributed by atoms with Crippen LogP contribution in [-0.4, -0.2) is 41.6 Å². The SMILES string of the molecule is Cc1ncc(CNC(=O)NCC(C)N2CCC(C)CC2)s1. The number of nitrogens with one attached hydrogen (secondary N) is 2. The fraction of sp³-hybridized carbons (Fsp3) is 0.733. The van der Waals surface area contributed by atoms with Gasteiger partial charge in [0.05, 0.1) is 11.6 Å². The number of nitrogens with zero attached hydrogens (tertiary/aromatic N) is 2. The highest BCUT2D eigenvalue weighted by Crippen LogP contribution is 2.17. The minimum absolute atomic E-state index is 0.0988. The lowest BCUT2D eigenvalue weighted by atomic mass is 9.98. The molecule has 1 unspecified atom stereocenters. The van der Waals surface area contributed by atoms with E-state index in [1.165, 1.54) is 12.8 Å². The van der Waals surface area contributed by atoms with Crippen LogP contribution in [0.3, 0.4) is 0 Å². The molecule has 2 amide bonds. The molecule has 2 rings (SSSR count). The zero-order valence-corrected chi connectivity index (χ0v) is 14.0. The Kier molecular flexibility index (Phi) is 5.99. The Morgan fingerprint density at radius 2 is 2.19 bits per heavy atom. The molecule has 118 valence electrons. The lowest BCUT2D eigenvalue weighted by molar-refractivity contribution is 0.145. The van der Waals surface area contributed by atoms with Crippen molar-refractivity contribution < 1.29 is 4.79 Å². The highest BCUT2D eigenvalue weighted by atomic mass is 32.1. The Hall–Kier alpha value is -1.14. The molecule has 1 aromatic rings. The summed E-state index contributed by atoms with van der Waals surface area (Å²) in [4.78, 5) is 19.5. The predicted octanol–water partition coefficient (Wildman–Crippen LogP) is 2.37. The summed E-state index contributed by atoms with van der Waals surface area (Å²) in [6.07, 6.45) is 4.35. The van der Waals surface area contributed by atoms with E-state index in [9.17, 15) is 4.79 Å². The summed E-state index contributed by atoms with van der Waals surface area (Å²) >= 11 is 1.62. The number of urea groups is 1. The van der Waals surface area contributed by atoms with E-state index in [1.807, 2.05) is 13.1 Å². The highest BCUT2D eigenvalue weighted by Gasteiger charge is 2.20. The third-order valence-electron chi connectivity index (χ3n) is 4.09. The van der Waals surface area contributed by atoms with Crippen molar-refractivity contribution >= 4 is 17.4 Å². The number of rotatable bonds is 5. The maximum atomic E-state index is 11.8. The number of amides is 2. The lowest BCUT2D eigenvalue weighted by Crippen LogP contribution is -2.47. The van der Waals surface area contributed by atoms with Gasteiger partial charge in [0.25, 0.3) is 0 Å². The van der Waals surface area contributed by atoms with Crippen LogP contribution in [0, 0.1) is 12.8 Å². The van der Waals surface area contributed by atoms with E-state index in [-0.39, 0.29) is 6.03 Å². The first-order valence-electron chi connectivity index (χ1n) is 7.71. The van der Waals surface area contributed by atoms with Gasteiger partial charge >= 0.3 is 6.03 Å². The molecule has 1 aliphatic heterocycles. The summed E-state index contributed by atoms with van der Waals surface area (Å²) in [7, 11) is 0. The molecular weight excluding hydrogens is 284 g/mol. The van der Waals surface area contributed by atoms with Crippen LogP contribution < -0.4 is 10.6 Å². The Labute approximate surface area is 131 Å². The van der Waals surface area contributed by atoms with Crippen molar-refractivity contribution in [1.82, 2.24) is 20.5 Å². The third kappa shape index (κ3) is 5.28. The van der Waals surface area contributed by atoms with E-state index in [4.69, 9.17) is 0 Å². The van der Waals surface area contributed by atoms with Crippen molar-refractivity contribution in [1.29, 1.82) is 0 Å². The van der Waals surface area contributed by atoms with Crippen molar-refractivity contribution in [2.75, 3.05) is 19.6 Å². The maximum absolute atomic E-state index is 11.8. The van der Waals surface area contributed by atoms with Crippen LogP contribution in [0.1, 0.15) is 36.6 Å². The van der Waals surface area contributed by atoms with Gasteiger partial charge in [-0.15, -0.1) is 11.3 Å². The van der Waals surface area contributed by atoms with Crippen LogP contribution in [-0.2, 0) is 6.54 Å². The summed E-state index contributed by atoms with van der Waals surface area (Å²) in [6, 6.07) is 0.298. The van der Waals surface area contributed by atoms with E-state index >= 15 is 0 Å². The predicted molar refractivity (Wildman–Crippen MR) is 86.5 cm³/mol. The molecule has 1 aromatic heterocycles. The standard InChI is InChI=1S/C15H26N4OS/c1-11-4-6-19(7-5-11)12(2)8-17-15(20)18-10-14-9-16-13(3)21-14/h9,11-12H,4-8,10H2,1-3H3,(H2,17,18,20). The van der Waals surface area contributed by atoms with Gasteiger partial charge in [0, 0.05) is 23.7 Å². The van der Waals surface area contributed by atoms with Gasteiger partial charge in [-0.25, -0.2) is 9.78 Å². The number of likely N-dealkylation sites (tertiary alicyclic amines) is 1.